The zero-order valence-corrected chi connectivity index (χ0v) is 11.0. The number of carboxylic acids is 1. The summed E-state index contributed by atoms with van der Waals surface area (Å²) in [6.07, 6.45) is -2.49. The van der Waals surface area contributed by atoms with Crippen LogP contribution in [-0.2, 0) is 14.3 Å². The van der Waals surface area contributed by atoms with E-state index in [2.05, 4.69) is 4.74 Å². The quantitative estimate of drug-likeness (QED) is 0.442. The van der Waals surface area contributed by atoms with Crippen molar-refractivity contribution >= 4 is 58.0 Å². The second kappa shape index (κ2) is 11.5. The van der Waals surface area contributed by atoms with Gasteiger partial charge < -0.3 is 26.1 Å². The maximum atomic E-state index is 10.5. The minimum atomic E-state index is -1.28. The van der Waals surface area contributed by atoms with E-state index in [0.717, 1.165) is 0 Å². The number of ether oxygens (including phenoxy) is 1. The van der Waals surface area contributed by atoms with Gasteiger partial charge >= 0.3 is 58.0 Å². The number of hydrogen-bond donors (Lipinski definition) is 2. The molecule has 14 heavy (non-hydrogen) atoms. The van der Waals surface area contributed by atoms with Gasteiger partial charge in [-0.05, 0) is 13.8 Å². The molecule has 0 saturated heterocycles. The molecule has 0 saturated carbocycles. The van der Waals surface area contributed by atoms with Gasteiger partial charge in [0.15, 0.2) is 6.10 Å². The minimum Gasteiger partial charge on any atom is -1.00 e. The number of rotatable bonds is 3. The van der Waals surface area contributed by atoms with Crippen LogP contribution in [-0.4, -0.2) is 85.9 Å². The van der Waals surface area contributed by atoms with Crippen LogP contribution in [0, 0.1) is 0 Å². The summed E-state index contributed by atoms with van der Waals surface area (Å²) in [6, 6.07) is 0. The zero-order chi connectivity index (χ0) is 9.02. The van der Waals surface area contributed by atoms with Crippen LogP contribution in [0.2, 0.25) is 0 Å². The maximum absolute atomic E-state index is 10.5. The molecule has 8 heteroatoms. The van der Waals surface area contributed by atoms with Gasteiger partial charge in [-0.1, -0.05) is 0 Å². The Morgan fingerprint density at radius 2 is 1.64 bits per heavy atom. The summed E-state index contributed by atoms with van der Waals surface area (Å²) in [5, 5.41) is 16.8. The van der Waals surface area contributed by atoms with E-state index in [1.807, 2.05) is 0 Å². The monoisotopic (exact) mass is 232 g/mol. The van der Waals surface area contributed by atoms with Crippen molar-refractivity contribution in [1.82, 2.24) is 0 Å². The second-order valence-corrected chi connectivity index (χ2v) is 2.09. The fraction of sp³-hybridized carbons (Fsp3) is 0.667. The first-order valence-electron chi connectivity index (χ1n) is 3.06. The van der Waals surface area contributed by atoms with Gasteiger partial charge in [0.1, 0.15) is 6.10 Å². The van der Waals surface area contributed by atoms with Crippen molar-refractivity contribution in [3.8, 4) is 0 Å². The number of esters is 1. The van der Waals surface area contributed by atoms with E-state index < -0.39 is 24.1 Å². The van der Waals surface area contributed by atoms with Crippen molar-refractivity contribution in [2.24, 2.45) is 0 Å². The molecule has 0 aliphatic rings. The SMILES string of the molecule is CC(O)C(=O)OC(C)C(=O)O.O.[H-].[H-].[H-].[H-].[Mg+2].[Mg+2]. The number of hydrogen-bond acceptors (Lipinski definition) is 4. The third kappa shape index (κ3) is 10.5. The number of aliphatic hydroxyl groups is 1. The Morgan fingerprint density at radius 1 is 1.29 bits per heavy atom. The molecule has 0 aliphatic carbocycles. The fourth-order valence-corrected chi connectivity index (χ4v) is 0.323. The number of carbonyl (C=O) groups excluding carboxylic acids is 1. The smallest absolute Gasteiger partial charge is 1.00 e. The van der Waals surface area contributed by atoms with E-state index in [1.165, 1.54) is 13.8 Å². The summed E-state index contributed by atoms with van der Waals surface area (Å²) in [7, 11) is 0. The number of carboxylic acid groups (broad SMARTS) is 1. The van der Waals surface area contributed by atoms with Crippen molar-refractivity contribution < 1.29 is 35.7 Å². The molecule has 4 N–H and O–H groups in total. The summed E-state index contributed by atoms with van der Waals surface area (Å²) in [6.45, 7) is 2.42. The van der Waals surface area contributed by atoms with Crippen LogP contribution in [0.4, 0.5) is 0 Å². The third-order valence-electron chi connectivity index (χ3n) is 0.982. The predicted molar refractivity (Wildman–Crippen MR) is 54.4 cm³/mol. The van der Waals surface area contributed by atoms with E-state index in [0.29, 0.717) is 0 Å². The molecule has 2 atom stereocenters. The second-order valence-electron chi connectivity index (χ2n) is 2.09. The molecule has 6 nitrogen and oxygen atoms in total. The van der Waals surface area contributed by atoms with E-state index in [4.69, 9.17) is 10.2 Å². The molecular weight excluding hydrogens is 217 g/mol. The average molecular weight is 233 g/mol. The fourth-order valence-electron chi connectivity index (χ4n) is 0.323. The van der Waals surface area contributed by atoms with E-state index in [1.54, 1.807) is 0 Å². The van der Waals surface area contributed by atoms with Gasteiger partial charge in [-0.25, -0.2) is 9.59 Å². The van der Waals surface area contributed by atoms with Crippen LogP contribution in [0.15, 0.2) is 0 Å². The summed E-state index contributed by atoms with van der Waals surface area (Å²) in [4.78, 5) is 20.6. The predicted octanol–water partition coefficient (Wildman–Crippen LogP) is -1.75. The first kappa shape index (κ1) is 23.9. The molecule has 0 spiro atoms. The molecule has 0 heterocycles. The average Bonchev–Trinajstić information content (AvgIpc) is 1.87. The molecule has 2 unspecified atom stereocenters. The molecule has 0 radical (unpaired) electrons. The molecule has 0 aromatic heterocycles. The van der Waals surface area contributed by atoms with Crippen molar-refractivity contribution in [1.29, 1.82) is 0 Å². The first-order valence-corrected chi connectivity index (χ1v) is 3.06. The Labute approximate surface area is 120 Å². The molecule has 0 aliphatic heterocycles. The molecule has 0 aromatic rings. The van der Waals surface area contributed by atoms with Gasteiger partial charge in [0, 0.05) is 0 Å². The molecule has 0 rings (SSSR count). The van der Waals surface area contributed by atoms with Gasteiger partial charge in [-0.15, -0.1) is 0 Å². The van der Waals surface area contributed by atoms with Crippen LogP contribution in [0.5, 0.6) is 0 Å². The Hall–Kier alpha value is 0.392. The number of aliphatic carboxylic acids is 1. The van der Waals surface area contributed by atoms with Crippen molar-refractivity contribution in [3.63, 3.8) is 0 Å². The summed E-state index contributed by atoms with van der Waals surface area (Å²) in [5.41, 5.74) is 0. The molecular formula is C6H16Mg2O6. The van der Waals surface area contributed by atoms with Crippen LogP contribution in [0.3, 0.4) is 0 Å². The number of aliphatic hydroxyl groups excluding tert-OH is 1. The van der Waals surface area contributed by atoms with Crippen molar-refractivity contribution in [2.75, 3.05) is 0 Å². The van der Waals surface area contributed by atoms with Gasteiger partial charge in [0.05, 0.1) is 0 Å². The maximum Gasteiger partial charge on any atom is 2.00 e. The first-order chi connectivity index (χ1) is 4.95. The number of carbonyl (C=O) groups is 2. The van der Waals surface area contributed by atoms with Crippen LogP contribution >= 0.6 is 0 Å². The van der Waals surface area contributed by atoms with Crippen molar-refractivity contribution in [3.05, 3.63) is 0 Å². The van der Waals surface area contributed by atoms with E-state index in [-0.39, 0.29) is 57.3 Å². The molecule has 80 valence electrons. The molecule has 0 fully saturated rings. The Bertz CT molecular complexity index is 185. The Kier molecular flexibility index (Phi) is 19.6. The normalized spacial score (nSPS) is 11.9. The van der Waals surface area contributed by atoms with Crippen LogP contribution in [0.25, 0.3) is 0 Å². The Morgan fingerprint density at radius 3 is 1.86 bits per heavy atom. The topological polar surface area (TPSA) is 115 Å². The molecule has 0 bridgehead atoms. The standard InChI is InChI=1S/C6H10O5.2Mg.H2O.4H/c1-3(7)6(10)11-4(2)5(8)9;;;;;;;/h3-4,7H,1-2H3,(H,8,9);;;1H2;;;;/q;2*+2;;4*-1. The molecule has 0 aromatic carbocycles. The van der Waals surface area contributed by atoms with E-state index >= 15 is 0 Å². The Balaban J connectivity index is -0.0000000238. The minimum absolute atomic E-state index is 0. The van der Waals surface area contributed by atoms with Crippen LogP contribution in [0.1, 0.15) is 19.6 Å². The summed E-state index contributed by atoms with van der Waals surface area (Å²) < 4.78 is 4.28. The summed E-state index contributed by atoms with van der Waals surface area (Å²) >= 11 is 0. The van der Waals surface area contributed by atoms with Gasteiger partial charge in [-0.2, -0.15) is 0 Å². The van der Waals surface area contributed by atoms with Gasteiger partial charge in [0.2, 0.25) is 0 Å². The zero-order valence-electron chi connectivity index (χ0n) is 12.2. The molecule has 0 amide bonds. The van der Waals surface area contributed by atoms with Crippen LogP contribution < -0.4 is 0 Å². The van der Waals surface area contributed by atoms with E-state index in [9.17, 15) is 9.59 Å². The van der Waals surface area contributed by atoms with Gasteiger partial charge in [-0.3, -0.25) is 0 Å². The van der Waals surface area contributed by atoms with Crippen molar-refractivity contribution in [2.45, 2.75) is 26.1 Å². The largest absolute Gasteiger partial charge is 2.00 e. The van der Waals surface area contributed by atoms with Gasteiger partial charge in [0.25, 0.3) is 0 Å². The summed E-state index contributed by atoms with van der Waals surface area (Å²) in [5.74, 6) is -2.17. The third-order valence-corrected chi connectivity index (χ3v) is 0.982.